The zero-order chi connectivity index (χ0) is 13.0. The van der Waals surface area contributed by atoms with Crippen molar-refractivity contribution < 1.29 is 5.11 Å². The van der Waals surface area contributed by atoms with Gasteiger partial charge in [0.05, 0.1) is 11.6 Å². The molecule has 0 amide bonds. The largest absolute Gasteiger partial charge is 0.396 e. The number of nitrogens with zero attached hydrogens (tertiary/aromatic N) is 2. The van der Waals surface area contributed by atoms with Gasteiger partial charge in [-0.1, -0.05) is 12.8 Å². The van der Waals surface area contributed by atoms with Crippen molar-refractivity contribution in [3.8, 4) is 6.07 Å². The molecule has 0 bridgehead atoms. The summed E-state index contributed by atoms with van der Waals surface area (Å²) in [5.74, 6) is 1.04. The third kappa shape index (κ3) is 2.99. The Morgan fingerprint density at radius 1 is 1.44 bits per heavy atom. The first-order chi connectivity index (χ1) is 8.72. The second-order valence-electron chi connectivity index (χ2n) is 4.97. The lowest BCUT2D eigenvalue weighted by atomic mass is 9.85. The highest BCUT2D eigenvalue weighted by molar-refractivity contribution is 5.45. The van der Waals surface area contributed by atoms with Crippen molar-refractivity contribution >= 4 is 5.82 Å². The topological polar surface area (TPSA) is 68.9 Å². The van der Waals surface area contributed by atoms with Crippen LogP contribution >= 0.6 is 0 Å². The highest BCUT2D eigenvalue weighted by atomic mass is 16.3. The van der Waals surface area contributed by atoms with Crippen molar-refractivity contribution in [2.45, 2.75) is 38.6 Å². The molecule has 0 radical (unpaired) electrons. The summed E-state index contributed by atoms with van der Waals surface area (Å²) >= 11 is 0. The van der Waals surface area contributed by atoms with Gasteiger partial charge in [-0.25, -0.2) is 4.98 Å². The van der Waals surface area contributed by atoms with Crippen molar-refractivity contribution in [2.75, 3.05) is 11.9 Å². The van der Waals surface area contributed by atoms with Crippen LogP contribution in [0, 0.1) is 24.2 Å². The van der Waals surface area contributed by atoms with Gasteiger partial charge in [0.2, 0.25) is 0 Å². The summed E-state index contributed by atoms with van der Waals surface area (Å²) in [6.45, 7) is 2.10. The Balaban J connectivity index is 2.12. The number of anilines is 1. The summed E-state index contributed by atoms with van der Waals surface area (Å²) in [6, 6.07) is 5.96. The van der Waals surface area contributed by atoms with Crippen LogP contribution in [0.2, 0.25) is 0 Å². The van der Waals surface area contributed by atoms with E-state index >= 15 is 0 Å². The molecule has 18 heavy (non-hydrogen) atoms. The second kappa shape index (κ2) is 5.83. The van der Waals surface area contributed by atoms with Crippen LogP contribution in [0.25, 0.3) is 0 Å². The van der Waals surface area contributed by atoms with Gasteiger partial charge in [-0.2, -0.15) is 5.26 Å². The van der Waals surface area contributed by atoms with Crippen LogP contribution in [0.1, 0.15) is 36.9 Å². The molecule has 1 aliphatic rings. The third-order valence-corrected chi connectivity index (χ3v) is 3.56. The van der Waals surface area contributed by atoms with Crippen LogP contribution in [0.15, 0.2) is 12.1 Å². The molecule has 2 atom stereocenters. The molecule has 2 N–H and O–H groups in total. The first-order valence-corrected chi connectivity index (χ1v) is 6.49. The molecular weight excluding hydrogens is 226 g/mol. The predicted molar refractivity (Wildman–Crippen MR) is 70.1 cm³/mol. The highest BCUT2D eigenvalue weighted by Gasteiger charge is 2.24. The van der Waals surface area contributed by atoms with Crippen molar-refractivity contribution in [1.29, 1.82) is 5.26 Å². The standard InChI is InChI=1S/C14H19N3O/c1-10-6-11(8-15)7-14(16-10)17-13-5-3-2-4-12(13)9-18/h6-7,12-13,18H,2-5,9H2,1H3,(H,16,17). The maximum absolute atomic E-state index is 9.38. The summed E-state index contributed by atoms with van der Waals surface area (Å²) in [5.41, 5.74) is 1.47. The number of hydrogen-bond acceptors (Lipinski definition) is 4. The summed E-state index contributed by atoms with van der Waals surface area (Å²) in [6.07, 6.45) is 4.49. The number of aryl methyl sites for hydroxylation is 1. The highest BCUT2D eigenvalue weighted by Crippen LogP contribution is 2.26. The Labute approximate surface area is 108 Å². The molecule has 96 valence electrons. The zero-order valence-corrected chi connectivity index (χ0v) is 10.7. The molecule has 0 spiro atoms. The van der Waals surface area contributed by atoms with E-state index in [0.29, 0.717) is 11.5 Å². The van der Waals surface area contributed by atoms with Crippen molar-refractivity contribution in [1.82, 2.24) is 4.98 Å². The first-order valence-electron chi connectivity index (χ1n) is 6.49. The Morgan fingerprint density at radius 2 is 2.22 bits per heavy atom. The molecule has 0 aliphatic heterocycles. The molecule has 4 nitrogen and oxygen atoms in total. The fourth-order valence-electron chi connectivity index (χ4n) is 2.61. The SMILES string of the molecule is Cc1cc(C#N)cc(NC2CCCCC2CO)n1. The van der Waals surface area contributed by atoms with Crippen molar-refractivity contribution in [2.24, 2.45) is 5.92 Å². The third-order valence-electron chi connectivity index (χ3n) is 3.56. The number of rotatable bonds is 3. The quantitative estimate of drug-likeness (QED) is 0.856. The lowest BCUT2D eigenvalue weighted by Crippen LogP contribution is -2.34. The molecule has 1 aromatic heterocycles. The van der Waals surface area contributed by atoms with Gasteiger partial charge in [0.1, 0.15) is 5.82 Å². The van der Waals surface area contributed by atoms with Crippen molar-refractivity contribution in [3.63, 3.8) is 0 Å². The lowest BCUT2D eigenvalue weighted by Gasteiger charge is -2.31. The Kier molecular flexibility index (Phi) is 4.16. The summed E-state index contributed by atoms with van der Waals surface area (Å²) in [4.78, 5) is 4.40. The van der Waals surface area contributed by atoms with Gasteiger partial charge in [-0.05, 0) is 31.9 Å². The summed E-state index contributed by atoms with van der Waals surface area (Å²) < 4.78 is 0. The number of aliphatic hydroxyl groups excluding tert-OH is 1. The molecule has 0 aromatic carbocycles. The number of nitriles is 1. The minimum Gasteiger partial charge on any atom is -0.396 e. The van der Waals surface area contributed by atoms with Gasteiger partial charge in [0, 0.05) is 24.3 Å². The van der Waals surface area contributed by atoms with E-state index in [4.69, 9.17) is 5.26 Å². The van der Waals surface area contributed by atoms with Crippen LogP contribution in [-0.2, 0) is 0 Å². The Bertz CT molecular complexity index is 453. The molecular formula is C14H19N3O. The van der Waals surface area contributed by atoms with Gasteiger partial charge in [0.25, 0.3) is 0 Å². The monoisotopic (exact) mass is 245 g/mol. The average molecular weight is 245 g/mol. The minimum absolute atomic E-state index is 0.217. The van der Waals surface area contributed by atoms with Gasteiger partial charge in [-0.15, -0.1) is 0 Å². The van der Waals surface area contributed by atoms with E-state index in [1.165, 1.54) is 12.8 Å². The fourth-order valence-corrected chi connectivity index (χ4v) is 2.61. The number of pyridine rings is 1. The van der Waals surface area contributed by atoms with Crippen LogP contribution in [0.5, 0.6) is 0 Å². The van der Waals surface area contributed by atoms with E-state index in [1.54, 1.807) is 12.1 Å². The predicted octanol–water partition coefficient (Wildman–Crippen LogP) is 2.22. The van der Waals surface area contributed by atoms with E-state index in [1.807, 2.05) is 6.92 Å². The molecule has 0 saturated heterocycles. The van der Waals surface area contributed by atoms with Gasteiger partial charge in [-0.3, -0.25) is 0 Å². The fraction of sp³-hybridized carbons (Fsp3) is 0.571. The maximum Gasteiger partial charge on any atom is 0.127 e. The zero-order valence-electron chi connectivity index (χ0n) is 10.7. The lowest BCUT2D eigenvalue weighted by molar-refractivity contribution is 0.178. The molecule has 1 saturated carbocycles. The van der Waals surface area contributed by atoms with Crippen LogP contribution in [0.4, 0.5) is 5.82 Å². The number of aromatic nitrogens is 1. The average Bonchev–Trinajstić information content (AvgIpc) is 2.38. The minimum atomic E-state index is 0.217. The van der Waals surface area contributed by atoms with Gasteiger partial charge in [0.15, 0.2) is 0 Å². The van der Waals surface area contributed by atoms with Crippen LogP contribution in [-0.4, -0.2) is 22.7 Å². The van der Waals surface area contributed by atoms with Gasteiger partial charge >= 0.3 is 0 Å². The second-order valence-corrected chi connectivity index (χ2v) is 4.97. The number of nitrogens with one attached hydrogen (secondary N) is 1. The smallest absolute Gasteiger partial charge is 0.127 e. The number of aliphatic hydroxyl groups is 1. The molecule has 2 rings (SSSR count). The first kappa shape index (κ1) is 12.8. The van der Waals surface area contributed by atoms with E-state index in [2.05, 4.69) is 16.4 Å². The van der Waals surface area contributed by atoms with Gasteiger partial charge < -0.3 is 10.4 Å². The van der Waals surface area contributed by atoms with E-state index < -0.39 is 0 Å². The molecule has 1 aliphatic carbocycles. The normalized spacial score (nSPS) is 23.4. The summed E-state index contributed by atoms with van der Waals surface area (Å²) in [7, 11) is 0. The molecule has 1 fully saturated rings. The van der Waals surface area contributed by atoms with E-state index in [0.717, 1.165) is 24.4 Å². The van der Waals surface area contributed by atoms with Crippen LogP contribution < -0.4 is 5.32 Å². The number of hydrogen-bond donors (Lipinski definition) is 2. The molecule has 2 unspecified atom stereocenters. The van der Waals surface area contributed by atoms with E-state index in [9.17, 15) is 5.11 Å². The molecule has 1 aromatic rings. The van der Waals surface area contributed by atoms with E-state index in [-0.39, 0.29) is 12.6 Å². The Morgan fingerprint density at radius 3 is 2.94 bits per heavy atom. The molecule has 1 heterocycles. The van der Waals surface area contributed by atoms with Crippen molar-refractivity contribution in [3.05, 3.63) is 23.4 Å². The maximum atomic E-state index is 9.38. The van der Waals surface area contributed by atoms with Crippen LogP contribution in [0.3, 0.4) is 0 Å². The Hall–Kier alpha value is -1.60. The summed E-state index contributed by atoms with van der Waals surface area (Å²) in [5, 5.41) is 21.7. The molecule has 4 heteroatoms.